The van der Waals surface area contributed by atoms with Gasteiger partial charge in [-0.3, -0.25) is 4.79 Å². The number of ether oxygens (including phenoxy) is 1. The molecule has 3 heterocycles. The van der Waals surface area contributed by atoms with Crippen molar-refractivity contribution in [3.8, 4) is 16.9 Å². The number of alkyl halides is 2. The van der Waals surface area contributed by atoms with Gasteiger partial charge in [0.05, 0.1) is 24.9 Å². The second kappa shape index (κ2) is 8.40. The van der Waals surface area contributed by atoms with E-state index in [1.807, 2.05) is 31.2 Å². The molecule has 0 saturated heterocycles. The number of rotatable bonds is 5. The normalized spacial score (nSPS) is 15.2. The number of halogens is 2. The van der Waals surface area contributed by atoms with Crippen molar-refractivity contribution >= 4 is 22.4 Å². The Kier molecular flexibility index (Phi) is 5.25. The minimum Gasteiger partial charge on any atom is -0.496 e. The molecule has 0 spiro atoms. The average molecular weight is 502 g/mol. The molecule has 0 bridgehead atoms. The minimum absolute atomic E-state index is 0.111. The van der Waals surface area contributed by atoms with Crippen LogP contribution >= 0.6 is 0 Å². The maximum Gasteiger partial charge on any atom is 0.273 e. The topological polar surface area (TPSA) is 73.4 Å². The zero-order valence-corrected chi connectivity index (χ0v) is 20.6. The fourth-order valence-corrected chi connectivity index (χ4v) is 5.26. The van der Waals surface area contributed by atoms with Gasteiger partial charge >= 0.3 is 0 Å². The lowest BCUT2D eigenvalue weighted by molar-refractivity contribution is -0.00184. The predicted octanol–water partition coefficient (Wildman–Crippen LogP) is 5.47. The van der Waals surface area contributed by atoms with Gasteiger partial charge in [-0.15, -0.1) is 0 Å². The van der Waals surface area contributed by atoms with Crippen LogP contribution in [0.15, 0.2) is 65.7 Å². The van der Waals surface area contributed by atoms with Crippen LogP contribution in [0.2, 0.25) is 0 Å². The number of pyridine rings is 1. The molecule has 188 valence electrons. The summed E-state index contributed by atoms with van der Waals surface area (Å²) < 4.78 is 37.8. The number of fused-ring (bicyclic) bond motifs is 4. The summed E-state index contributed by atoms with van der Waals surface area (Å²) in [6, 6.07) is 13.8. The molecule has 5 aromatic rings. The van der Waals surface area contributed by atoms with Crippen LogP contribution in [0.3, 0.4) is 0 Å². The Bertz CT molecular complexity index is 1740. The van der Waals surface area contributed by atoms with Crippen molar-refractivity contribution in [3.05, 3.63) is 88.0 Å². The van der Waals surface area contributed by atoms with Crippen LogP contribution in [0.4, 0.5) is 14.6 Å². The van der Waals surface area contributed by atoms with E-state index in [1.54, 1.807) is 43.2 Å². The fourth-order valence-electron chi connectivity index (χ4n) is 5.26. The molecule has 0 amide bonds. The van der Waals surface area contributed by atoms with E-state index in [9.17, 15) is 13.6 Å². The molecule has 0 radical (unpaired) electrons. The molecule has 1 N–H and O–H groups in total. The first-order valence-corrected chi connectivity index (χ1v) is 12.1. The smallest absolute Gasteiger partial charge is 0.273 e. The summed E-state index contributed by atoms with van der Waals surface area (Å²) in [5.74, 6) is -1.57. The molecular formula is C28H25F2N5O2. The van der Waals surface area contributed by atoms with Gasteiger partial charge in [0, 0.05) is 59.9 Å². The van der Waals surface area contributed by atoms with E-state index in [2.05, 4.69) is 10.4 Å². The molecule has 9 heteroatoms. The van der Waals surface area contributed by atoms with E-state index in [0.29, 0.717) is 29.2 Å². The first-order valence-electron chi connectivity index (χ1n) is 12.1. The highest BCUT2D eigenvalue weighted by molar-refractivity contribution is 5.96. The maximum atomic E-state index is 14.4. The SMILES string of the molecule is COc1cc2c(cc1-c1ccc(=O)n(C)c1)c(N[C@H](C)c1cccc3c1CCC3(F)F)nc1ccnn12. The molecule has 0 aliphatic heterocycles. The van der Waals surface area contributed by atoms with E-state index >= 15 is 0 Å². The molecule has 7 nitrogen and oxygen atoms in total. The van der Waals surface area contributed by atoms with Crippen LogP contribution in [-0.4, -0.2) is 26.3 Å². The van der Waals surface area contributed by atoms with E-state index in [0.717, 1.165) is 27.6 Å². The monoisotopic (exact) mass is 501 g/mol. The Hall–Kier alpha value is -4.27. The Balaban J connectivity index is 1.52. The highest BCUT2D eigenvalue weighted by Gasteiger charge is 2.40. The van der Waals surface area contributed by atoms with Crippen LogP contribution in [0, 0.1) is 0 Å². The van der Waals surface area contributed by atoms with Crippen molar-refractivity contribution in [2.24, 2.45) is 7.05 Å². The Morgan fingerprint density at radius 3 is 2.78 bits per heavy atom. The second-order valence-corrected chi connectivity index (χ2v) is 9.44. The van der Waals surface area contributed by atoms with Crippen molar-refractivity contribution in [1.29, 1.82) is 0 Å². The zero-order valence-electron chi connectivity index (χ0n) is 20.6. The number of aryl methyl sites for hydroxylation is 1. The van der Waals surface area contributed by atoms with Crippen LogP contribution < -0.4 is 15.6 Å². The third kappa shape index (κ3) is 3.73. The third-order valence-electron chi connectivity index (χ3n) is 7.16. The van der Waals surface area contributed by atoms with Gasteiger partial charge in [0.25, 0.3) is 5.92 Å². The van der Waals surface area contributed by atoms with Crippen LogP contribution in [-0.2, 0) is 19.4 Å². The maximum absolute atomic E-state index is 14.4. The Morgan fingerprint density at radius 1 is 1.16 bits per heavy atom. The fraction of sp³-hybridized carbons (Fsp3) is 0.250. The molecule has 6 rings (SSSR count). The summed E-state index contributed by atoms with van der Waals surface area (Å²) >= 11 is 0. The summed E-state index contributed by atoms with van der Waals surface area (Å²) in [6.45, 7) is 1.96. The van der Waals surface area contributed by atoms with E-state index in [-0.39, 0.29) is 23.6 Å². The third-order valence-corrected chi connectivity index (χ3v) is 7.16. The van der Waals surface area contributed by atoms with E-state index in [4.69, 9.17) is 9.72 Å². The van der Waals surface area contributed by atoms with Crippen LogP contribution in [0.5, 0.6) is 5.75 Å². The molecule has 1 aliphatic rings. The molecule has 37 heavy (non-hydrogen) atoms. The van der Waals surface area contributed by atoms with Gasteiger partial charge in [-0.05, 0) is 36.6 Å². The van der Waals surface area contributed by atoms with Crippen LogP contribution in [0.25, 0.3) is 27.7 Å². The second-order valence-electron chi connectivity index (χ2n) is 9.44. The number of hydrogen-bond donors (Lipinski definition) is 1. The van der Waals surface area contributed by atoms with Crippen molar-refractivity contribution in [3.63, 3.8) is 0 Å². The first-order chi connectivity index (χ1) is 17.8. The van der Waals surface area contributed by atoms with Gasteiger partial charge in [0.15, 0.2) is 5.65 Å². The lowest BCUT2D eigenvalue weighted by Gasteiger charge is -2.21. The number of hydrogen-bond acceptors (Lipinski definition) is 5. The van der Waals surface area contributed by atoms with Crippen molar-refractivity contribution in [1.82, 2.24) is 19.2 Å². The summed E-state index contributed by atoms with van der Waals surface area (Å²) in [5.41, 5.74) is 4.56. The Labute approximate surface area is 211 Å². The van der Waals surface area contributed by atoms with Crippen molar-refractivity contribution in [2.75, 3.05) is 12.4 Å². The molecular weight excluding hydrogens is 476 g/mol. The lowest BCUT2D eigenvalue weighted by atomic mass is 9.97. The number of aromatic nitrogens is 4. The summed E-state index contributed by atoms with van der Waals surface area (Å²) in [4.78, 5) is 16.8. The summed E-state index contributed by atoms with van der Waals surface area (Å²) in [7, 11) is 3.30. The van der Waals surface area contributed by atoms with E-state index < -0.39 is 5.92 Å². The largest absolute Gasteiger partial charge is 0.496 e. The molecule has 2 aromatic carbocycles. The summed E-state index contributed by atoms with van der Waals surface area (Å²) in [6.07, 6.45) is 3.61. The van der Waals surface area contributed by atoms with E-state index in [1.165, 1.54) is 16.7 Å². The molecule has 0 fully saturated rings. The van der Waals surface area contributed by atoms with Gasteiger partial charge in [-0.25, -0.2) is 18.3 Å². The van der Waals surface area contributed by atoms with Crippen LogP contribution in [0.1, 0.15) is 36.1 Å². The van der Waals surface area contributed by atoms with Crippen molar-refractivity contribution in [2.45, 2.75) is 31.7 Å². The first kappa shape index (κ1) is 23.1. The highest BCUT2D eigenvalue weighted by Crippen LogP contribution is 2.44. The number of anilines is 1. The van der Waals surface area contributed by atoms with Gasteiger partial charge in [0.1, 0.15) is 11.6 Å². The predicted molar refractivity (Wildman–Crippen MR) is 138 cm³/mol. The molecule has 1 aliphatic carbocycles. The lowest BCUT2D eigenvalue weighted by Crippen LogP contribution is -2.14. The minimum atomic E-state index is -2.80. The molecule has 1 atom stereocenters. The van der Waals surface area contributed by atoms with Gasteiger partial charge in [-0.1, -0.05) is 18.2 Å². The van der Waals surface area contributed by atoms with Crippen molar-refractivity contribution < 1.29 is 13.5 Å². The average Bonchev–Trinajstić information content (AvgIpc) is 3.49. The Morgan fingerprint density at radius 2 is 2.00 bits per heavy atom. The zero-order chi connectivity index (χ0) is 25.9. The highest BCUT2D eigenvalue weighted by atomic mass is 19.3. The quantitative estimate of drug-likeness (QED) is 0.346. The number of nitrogens with one attached hydrogen (secondary N) is 1. The number of methoxy groups -OCH3 is 1. The van der Waals surface area contributed by atoms with Gasteiger partial charge in [-0.2, -0.15) is 5.10 Å². The van der Waals surface area contributed by atoms with Gasteiger partial charge < -0.3 is 14.6 Å². The number of nitrogens with zero attached hydrogens (tertiary/aromatic N) is 4. The molecule has 3 aromatic heterocycles. The molecule has 0 saturated carbocycles. The van der Waals surface area contributed by atoms with Gasteiger partial charge in [0.2, 0.25) is 5.56 Å². The summed E-state index contributed by atoms with van der Waals surface area (Å²) in [5, 5.41) is 8.70. The number of benzene rings is 2. The molecule has 0 unspecified atom stereocenters. The standard InChI is InChI=1S/C28H25F2N5O2/c1-16(18-5-4-6-22-19(18)9-11-28(22,29)30)32-27-21-13-20(17-7-8-26(36)34(2)15-17)24(37-3)14-23(21)35-25(33-27)10-12-31-35/h4-8,10,12-16H,9,11H2,1-3H3,(H,32,33)/t16-/m1/s1.